The molecule has 39 heavy (non-hydrogen) atoms. The Bertz CT molecular complexity index is 928. The first kappa shape index (κ1) is 31.3. The van der Waals surface area contributed by atoms with Gasteiger partial charge in [0, 0.05) is 19.6 Å². The Morgan fingerprint density at radius 1 is 1.10 bits per heavy atom. The van der Waals surface area contributed by atoms with E-state index in [1.54, 1.807) is 7.11 Å². The molecule has 0 saturated carbocycles. The second-order valence-corrected chi connectivity index (χ2v) is 11.3. The van der Waals surface area contributed by atoms with Gasteiger partial charge in [-0.25, -0.2) is 4.79 Å². The van der Waals surface area contributed by atoms with E-state index in [0.717, 1.165) is 32.1 Å². The number of hydrogen-bond acceptors (Lipinski definition) is 6. The summed E-state index contributed by atoms with van der Waals surface area (Å²) in [5.74, 6) is 0.447. The van der Waals surface area contributed by atoms with E-state index in [1.165, 1.54) is 17.2 Å². The standard InChI is InChI=1S/C33H48O6/c1-24-9-6-13-32(31(37-23-35-5)16-15-29-21-25(2)17-18-36-29)39-33(34)14-8-11-28-10-7-12-30(38-28)22-27(4)20-26(3)19-24/h6-10,14-17,24,27-32H,3,11-13,18-23H2,1-2,4-5H3/b9-6+,14-8-,16-15+/t24-,27+,28+,29-,30+,31+,32+/m1/s1. The first-order valence-corrected chi connectivity index (χ1v) is 14.4. The van der Waals surface area contributed by atoms with Gasteiger partial charge in [0.2, 0.25) is 0 Å². The van der Waals surface area contributed by atoms with Gasteiger partial charge in [0.25, 0.3) is 0 Å². The van der Waals surface area contributed by atoms with Crippen molar-refractivity contribution in [2.75, 3.05) is 20.5 Å². The maximum atomic E-state index is 12.9. The van der Waals surface area contributed by atoms with Crippen LogP contribution in [0, 0.1) is 11.8 Å². The molecule has 3 aliphatic rings. The van der Waals surface area contributed by atoms with Gasteiger partial charge < -0.3 is 23.7 Å². The fourth-order valence-corrected chi connectivity index (χ4v) is 5.39. The van der Waals surface area contributed by atoms with Crippen molar-refractivity contribution >= 4 is 5.97 Å². The van der Waals surface area contributed by atoms with Gasteiger partial charge in [-0.15, -0.1) is 0 Å². The SMILES string of the molecule is C=C1C[C@H](C)C[C@@H]2CC=C[C@@H](C/C=C\C(=O)O[C@H]([C@H](/C=C/[C@@H]3CC(C)=CCO3)OCOC)C/C=C/[C@@H](C)C1)O2. The van der Waals surface area contributed by atoms with Crippen molar-refractivity contribution in [1.82, 2.24) is 0 Å². The van der Waals surface area contributed by atoms with Crippen molar-refractivity contribution in [3.8, 4) is 0 Å². The van der Waals surface area contributed by atoms with Crippen LogP contribution in [-0.4, -0.2) is 57.0 Å². The number of allylic oxidation sites excluding steroid dienone is 2. The van der Waals surface area contributed by atoms with Gasteiger partial charge in [-0.2, -0.15) is 0 Å². The van der Waals surface area contributed by atoms with Crippen molar-refractivity contribution in [3.63, 3.8) is 0 Å². The van der Waals surface area contributed by atoms with Gasteiger partial charge in [0.05, 0.1) is 24.9 Å². The molecule has 6 heteroatoms. The molecule has 0 unspecified atom stereocenters. The van der Waals surface area contributed by atoms with Crippen LogP contribution in [0.3, 0.4) is 0 Å². The molecule has 6 nitrogen and oxygen atoms in total. The topological polar surface area (TPSA) is 63.2 Å². The third kappa shape index (κ3) is 11.8. The first-order valence-electron chi connectivity index (χ1n) is 14.4. The van der Waals surface area contributed by atoms with E-state index in [-0.39, 0.29) is 25.1 Å². The Kier molecular flexibility index (Phi) is 13.4. The molecule has 0 amide bonds. The lowest BCUT2D eigenvalue weighted by molar-refractivity contribution is -0.154. The summed E-state index contributed by atoms with van der Waals surface area (Å²) in [5, 5.41) is 0. The van der Waals surface area contributed by atoms with Gasteiger partial charge in [-0.1, -0.05) is 80.2 Å². The second-order valence-electron chi connectivity index (χ2n) is 11.3. The van der Waals surface area contributed by atoms with Crippen LogP contribution < -0.4 is 0 Å². The molecular weight excluding hydrogens is 492 g/mol. The number of esters is 1. The number of fused-ring (bicyclic) bond motifs is 2. The van der Waals surface area contributed by atoms with E-state index in [2.05, 4.69) is 57.7 Å². The average Bonchev–Trinajstić information content (AvgIpc) is 2.88. The molecule has 3 aliphatic heterocycles. The van der Waals surface area contributed by atoms with Crippen LogP contribution >= 0.6 is 0 Å². The fourth-order valence-electron chi connectivity index (χ4n) is 5.39. The van der Waals surface area contributed by atoms with E-state index in [1.807, 2.05) is 18.2 Å². The minimum absolute atomic E-state index is 0.0326. The molecule has 3 heterocycles. The third-order valence-electron chi connectivity index (χ3n) is 7.28. The molecule has 0 N–H and O–H groups in total. The minimum Gasteiger partial charge on any atom is -0.456 e. The Morgan fingerprint density at radius 2 is 1.92 bits per heavy atom. The van der Waals surface area contributed by atoms with Gasteiger partial charge >= 0.3 is 5.97 Å². The highest BCUT2D eigenvalue weighted by Gasteiger charge is 2.25. The lowest BCUT2D eigenvalue weighted by Crippen LogP contribution is -2.33. The number of carbonyl (C=O) groups is 1. The number of rotatable bonds is 6. The number of carbonyl (C=O) groups excluding carboxylic acids is 1. The molecule has 0 aromatic carbocycles. The molecule has 0 fully saturated rings. The maximum absolute atomic E-state index is 12.9. The lowest BCUT2D eigenvalue weighted by atomic mass is 9.90. The molecule has 0 spiro atoms. The summed E-state index contributed by atoms with van der Waals surface area (Å²) >= 11 is 0. The number of ether oxygens (including phenoxy) is 5. The molecule has 216 valence electrons. The summed E-state index contributed by atoms with van der Waals surface area (Å²) in [6.07, 6.45) is 22.9. The van der Waals surface area contributed by atoms with Crippen LogP contribution in [0.2, 0.25) is 0 Å². The number of cyclic esters (lactones) is 1. The molecule has 0 aromatic rings. The van der Waals surface area contributed by atoms with E-state index < -0.39 is 18.2 Å². The van der Waals surface area contributed by atoms with Gasteiger partial charge in [-0.3, -0.25) is 0 Å². The highest BCUT2D eigenvalue weighted by Crippen LogP contribution is 2.27. The molecular formula is C33H48O6. The second kappa shape index (κ2) is 16.8. The number of hydrogen-bond donors (Lipinski definition) is 0. The molecule has 3 rings (SSSR count). The maximum Gasteiger partial charge on any atom is 0.330 e. The zero-order chi connectivity index (χ0) is 28.0. The monoisotopic (exact) mass is 540 g/mol. The molecule has 0 radical (unpaired) electrons. The van der Waals surface area contributed by atoms with Crippen LogP contribution in [0.25, 0.3) is 0 Å². The normalized spacial score (nSPS) is 34.0. The Hall–Kier alpha value is -2.25. The molecule has 0 aromatic heterocycles. The van der Waals surface area contributed by atoms with Crippen LogP contribution in [0.1, 0.15) is 65.7 Å². The summed E-state index contributed by atoms with van der Waals surface area (Å²) < 4.78 is 29.3. The lowest BCUT2D eigenvalue weighted by Gasteiger charge is -2.28. The largest absolute Gasteiger partial charge is 0.456 e. The van der Waals surface area contributed by atoms with E-state index in [0.29, 0.717) is 31.3 Å². The molecule has 0 aliphatic carbocycles. The highest BCUT2D eigenvalue weighted by molar-refractivity contribution is 5.82. The van der Waals surface area contributed by atoms with Crippen LogP contribution in [0.4, 0.5) is 0 Å². The minimum atomic E-state index is -0.519. The van der Waals surface area contributed by atoms with Crippen LogP contribution in [0.5, 0.6) is 0 Å². The predicted molar refractivity (Wildman–Crippen MR) is 155 cm³/mol. The summed E-state index contributed by atoms with van der Waals surface area (Å²) in [4.78, 5) is 12.9. The van der Waals surface area contributed by atoms with E-state index >= 15 is 0 Å². The van der Waals surface area contributed by atoms with Crippen molar-refractivity contribution in [3.05, 3.63) is 72.4 Å². The molecule has 2 bridgehead atoms. The molecule has 0 saturated heterocycles. The average molecular weight is 541 g/mol. The summed E-state index contributed by atoms with van der Waals surface area (Å²) in [7, 11) is 1.58. The third-order valence-corrected chi connectivity index (χ3v) is 7.28. The van der Waals surface area contributed by atoms with Crippen molar-refractivity contribution < 1.29 is 28.5 Å². The Balaban J connectivity index is 1.77. The van der Waals surface area contributed by atoms with Gasteiger partial charge in [0.1, 0.15) is 19.0 Å². The van der Waals surface area contributed by atoms with Crippen molar-refractivity contribution in [2.24, 2.45) is 11.8 Å². The van der Waals surface area contributed by atoms with Crippen LogP contribution in [-0.2, 0) is 28.5 Å². The summed E-state index contributed by atoms with van der Waals surface area (Å²) in [6.45, 7) is 11.6. The Morgan fingerprint density at radius 3 is 2.72 bits per heavy atom. The zero-order valence-corrected chi connectivity index (χ0v) is 24.3. The van der Waals surface area contributed by atoms with Gasteiger partial charge in [-0.05, 0) is 57.3 Å². The molecule has 7 atom stereocenters. The fraction of sp³-hybridized carbons (Fsp3) is 0.606. The summed E-state index contributed by atoms with van der Waals surface area (Å²) in [5.41, 5.74) is 2.56. The van der Waals surface area contributed by atoms with Gasteiger partial charge in [0.15, 0.2) is 0 Å². The van der Waals surface area contributed by atoms with Crippen molar-refractivity contribution in [2.45, 2.75) is 96.2 Å². The highest BCUT2D eigenvalue weighted by atomic mass is 16.7. The number of methoxy groups -OCH3 is 1. The predicted octanol–water partition coefficient (Wildman–Crippen LogP) is 6.80. The quantitative estimate of drug-likeness (QED) is 0.210. The first-order chi connectivity index (χ1) is 18.8. The van der Waals surface area contributed by atoms with E-state index in [4.69, 9.17) is 23.7 Å². The smallest absolute Gasteiger partial charge is 0.330 e. The van der Waals surface area contributed by atoms with E-state index in [9.17, 15) is 4.79 Å². The zero-order valence-electron chi connectivity index (χ0n) is 24.3. The summed E-state index contributed by atoms with van der Waals surface area (Å²) in [6, 6.07) is 0. The van der Waals surface area contributed by atoms with Crippen LogP contribution in [0.15, 0.2) is 72.4 Å². The Labute approximate surface area is 235 Å². The van der Waals surface area contributed by atoms with Crippen molar-refractivity contribution in [1.29, 1.82) is 0 Å².